The maximum atomic E-state index is 13.3. The van der Waals surface area contributed by atoms with E-state index in [9.17, 15) is 44.1 Å². The summed E-state index contributed by atoms with van der Waals surface area (Å²) in [6, 6.07) is 10.2. The number of hydrogen-bond acceptors (Lipinski definition) is 10. The number of aliphatic hydroxyl groups excluding tert-OH is 1. The lowest BCUT2D eigenvalue weighted by Crippen LogP contribution is -2.58. The monoisotopic (exact) mass is 667 g/mol. The number of azo groups is 1. The fourth-order valence-electron chi connectivity index (χ4n) is 5.08. The molecule has 1 heterocycles. The maximum Gasteiger partial charge on any atom is 0.326 e. The molecule has 0 aromatic heterocycles. The Hall–Kier alpha value is -5.22. The van der Waals surface area contributed by atoms with Gasteiger partial charge in [0.2, 0.25) is 23.6 Å². The number of unbranched alkanes of at least 4 members (excludes halogenated alkanes) is 1. The van der Waals surface area contributed by atoms with E-state index in [0.29, 0.717) is 42.7 Å². The second-order valence-corrected chi connectivity index (χ2v) is 11.2. The zero-order valence-corrected chi connectivity index (χ0v) is 26.3. The Kier molecular flexibility index (Phi) is 14.6. The zero-order valence-electron chi connectivity index (χ0n) is 26.3. The van der Waals surface area contributed by atoms with E-state index in [1.165, 1.54) is 4.90 Å². The first kappa shape index (κ1) is 37.2. The number of nitrogens with one attached hydrogen (secondary N) is 3. The Morgan fingerprint density at radius 1 is 0.833 bits per heavy atom. The summed E-state index contributed by atoms with van der Waals surface area (Å²) in [6.45, 7) is -0.367. The molecular weight excluding hydrogens is 626 g/mol. The molecule has 0 saturated carbocycles. The van der Waals surface area contributed by atoms with Crippen molar-refractivity contribution in [3.05, 3.63) is 60.2 Å². The van der Waals surface area contributed by atoms with Crippen LogP contribution in [0.2, 0.25) is 0 Å². The standard InChI is InChI=1S/C32H41N7O9/c33-15-5-4-9-23(31(46)39-16-6-10-26(39)32(47)48)35-29(44)24(18-28(42)43)36-30(45)25(19-40)34-27(41)17-20-11-13-22(14-12-20)38-37-21-7-2-1-3-8-21/h1-3,7-8,11-14,23-26,40H,4-6,9-10,15-19,33H2,(H,34,41)(H,35,44)(H,36,45)(H,42,43)(H,47,48)/t23-,24-,25-,26-/m0/s1. The van der Waals surface area contributed by atoms with Crippen LogP contribution in [-0.4, -0.2) is 99.7 Å². The molecule has 0 aliphatic carbocycles. The van der Waals surface area contributed by atoms with E-state index in [4.69, 9.17) is 5.73 Å². The first-order valence-corrected chi connectivity index (χ1v) is 15.5. The van der Waals surface area contributed by atoms with Gasteiger partial charge in [-0.05, 0) is 68.5 Å². The summed E-state index contributed by atoms with van der Waals surface area (Å²) >= 11 is 0. The highest BCUT2D eigenvalue weighted by Gasteiger charge is 2.38. The Morgan fingerprint density at radius 2 is 1.46 bits per heavy atom. The molecule has 8 N–H and O–H groups in total. The van der Waals surface area contributed by atoms with Gasteiger partial charge in [0, 0.05) is 6.54 Å². The summed E-state index contributed by atoms with van der Waals surface area (Å²) in [5.41, 5.74) is 7.34. The minimum absolute atomic E-state index is 0.102. The van der Waals surface area contributed by atoms with E-state index in [0.717, 1.165) is 0 Å². The van der Waals surface area contributed by atoms with E-state index >= 15 is 0 Å². The summed E-state index contributed by atoms with van der Waals surface area (Å²) in [5.74, 6) is -5.92. The molecule has 4 amide bonds. The minimum atomic E-state index is -1.68. The average Bonchev–Trinajstić information content (AvgIpc) is 3.57. The molecule has 2 aromatic rings. The number of likely N-dealkylation sites (tertiary alicyclic amines) is 1. The number of hydrogen-bond donors (Lipinski definition) is 7. The van der Waals surface area contributed by atoms with Crippen LogP contribution >= 0.6 is 0 Å². The number of benzene rings is 2. The highest BCUT2D eigenvalue weighted by molar-refractivity contribution is 5.96. The van der Waals surface area contributed by atoms with Gasteiger partial charge in [-0.1, -0.05) is 30.3 Å². The predicted molar refractivity (Wildman–Crippen MR) is 171 cm³/mol. The number of nitrogens with zero attached hydrogens (tertiary/aromatic N) is 3. The van der Waals surface area contributed by atoms with Crippen molar-refractivity contribution in [2.75, 3.05) is 19.7 Å². The second kappa shape index (κ2) is 18.8. The molecule has 0 radical (unpaired) electrons. The summed E-state index contributed by atoms with van der Waals surface area (Å²) in [6.07, 6.45) is 0.701. The Balaban J connectivity index is 1.63. The first-order valence-electron chi connectivity index (χ1n) is 15.5. The molecule has 0 bridgehead atoms. The third kappa shape index (κ3) is 11.5. The number of carbonyl (C=O) groups excluding carboxylic acids is 4. The summed E-state index contributed by atoms with van der Waals surface area (Å²) in [4.78, 5) is 76.7. The topological polar surface area (TPSA) is 253 Å². The van der Waals surface area contributed by atoms with Gasteiger partial charge in [0.1, 0.15) is 24.2 Å². The molecular formula is C32H41N7O9. The maximum absolute atomic E-state index is 13.3. The Morgan fingerprint density at radius 3 is 2.06 bits per heavy atom. The molecule has 2 aromatic carbocycles. The van der Waals surface area contributed by atoms with E-state index in [1.54, 1.807) is 36.4 Å². The second-order valence-electron chi connectivity index (χ2n) is 11.2. The third-order valence-corrected chi connectivity index (χ3v) is 7.57. The number of amides is 4. The number of carbonyl (C=O) groups is 6. The van der Waals surface area contributed by atoms with Crippen LogP contribution in [0.4, 0.5) is 11.4 Å². The fraction of sp³-hybridized carbons (Fsp3) is 0.438. The lowest BCUT2D eigenvalue weighted by atomic mass is 10.1. The highest BCUT2D eigenvalue weighted by Crippen LogP contribution is 2.21. The Labute approximate surface area is 276 Å². The fourth-order valence-corrected chi connectivity index (χ4v) is 5.08. The number of nitrogens with two attached hydrogens (primary N) is 1. The van der Waals surface area contributed by atoms with Gasteiger partial charge in [0.05, 0.1) is 30.8 Å². The molecule has 0 spiro atoms. The van der Waals surface area contributed by atoms with Crippen molar-refractivity contribution in [2.24, 2.45) is 16.0 Å². The van der Waals surface area contributed by atoms with Crippen molar-refractivity contribution >= 4 is 46.9 Å². The Bertz CT molecular complexity index is 1450. The van der Waals surface area contributed by atoms with Crippen LogP contribution in [0.25, 0.3) is 0 Å². The van der Waals surface area contributed by atoms with Gasteiger partial charge in [-0.15, -0.1) is 0 Å². The molecule has 4 atom stereocenters. The smallest absolute Gasteiger partial charge is 0.326 e. The lowest BCUT2D eigenvalue weighted by molar-refractivity contribution is -0.149. The predicted octanol–water partition coefficient (Wildman–Crippen LogP) is 0.771. The van der Waals surface area contributed by atoms with Crippen LogP contribution in [0, 0.1) is 0 Å². The van der Waals surface area contributed by atoms with Gasteiger partial charge in [0.15, 0.2) is 0 Å². The van der Waals surface area contributed by atoms with Crippen LogP contribution < -0.4 is 21.7 Å². The SMILES string of the molecule is NCCCC[C@H](NC(=O)[C@H](CC(=O)O)NC(=O)[C@H](CO)NC(=O)Cc1ccc(N=Nc2ccccc2)cc1)C(=O)N1CCC[C@H]1C(=O)O. The highest BCUT2D eigenvalue weighted by atomic mass is 16.4. The lowest BCUT2D eigenvalue weighted by Gasteiger charge is -2.29. The van der Waals surface area contributed by atoms with Gasteiger partial charge < -0.3 is 41.9 Å². The molecule has 3 rings (SSSR count). The molecule has 1 aliphatic heterocycles. The van der Waals surface area contributed by atoms with Crippen LogP contribution in [-0.2, 0) is 35.2 Å². The van der Waals surface area contributed by atoms with E-state index in [1.807, 2.05) is 18.2 Å². The van der Waals surface area contributed by atoms with Crippen LogP contribution in [0.3, 0.4) is 0 Å². The molecule has 16 nitrogen and oxygen atoms in total. The third-order valence-electron chi connectivity index (χ3n) is 7.57. The van der Waals surface area contributed by atoms with Gasteiger partial charge >= 0.3 is 11.9 Å². The van der Waals surface area contributed by atoms with Crippen molar-refractivity contribution in [1.29, 1.82) is 0 Å². The molecule has 1 fully saturated rings. The largest absolute Gasteiger partial charge is 0.481 e. The molecule has 16 heteroatoms. The number of rotatable bonds is 18. The first-order chi connectivity index (χ1) is 23.0. The molecule has 258 valence electrons. The summed E-state index contributed by atoms with van der Waals surface area (Å²) < 4.78 is 0. The quantitative estimate of drug-likeness (QED) is 0.0868. The van der Waals surface area contributed by atoms with Crippen LogP contribution in [0.1, 0.15) is 44.1 Å². The number of aliphatic hydroxyl groups is 1. The van der Waals surface area contributed by atoms with Crippen molar-refractivity contribution in [3.63, 3.8) is 0 Å². The molecule has 0 unspecified atom stereocenters. The minimum Gasteiger partial charge on any atom is -0.481 e. The van der Waals surface area contributed by atoms with E-state index < -0.39 is 72.8 Å². The van der Waals surface area contributed by atoms with E-state index in [-0.39, 0.29) is 25.8 Å². The number of carboxylic acids is 2. The van der Waals surface area contributed by atoms with Crippen molar-refractivity contribution in [3.8, 4) is 0 Å². The average molecular weight is 668 g/mol. The molecule has 1 aliphatic rings. The summed E-state index contributed by atoms with van der Waals surface area (Å²) in [5, 5.41) is 44.1. The van der Waals surface area contributed by atoms with Crippen molar-refractivity contribution in [1.82, 2.24) is 20.9 Å². The zero-order chi connectivity index (χ0) is 35.1. The van der Waals surface area contributed by atoms with Gasteiger partial charge in [-0.25, -0.2) is 4.79 Å². The number of carboxylic acid groups (broad SMARTS) is 2. The van der Waals surface area contributed by atoms with Gasteiger partial charge in [-0.3, -0.25) is 24.0 Å². The van der Waals surface area contributed by atoms with Gasteiger partial charge in [0.25, 0.3) is 0 Å². The van der Waals surface area contributed by atoms with Crippen LogP contribution in [0.5, 0.6) is 0 Å². The summed E-state index contributed by atoms with van der Waals surface area (Å²) in [7, 11) is 0. The molecule has 1 saturated heterocycles. The molecule has 48 heavy (non-hydrogen) atoms. The number of aliphatic carboxylic acids is 2. The van der Waals surface area contributed by atoms with Crippen molar-refractivity contribution < 1.29 is 44.1 Å². The van der Waals surface area contributed by atoms with Crippen molar-refractivity contribution in [2.45, 2.75) is 69.1 Å². The van der Waals surface area contributed by atoms with Crippen LogP contribution in [0.15, 0.2) is 64.8 Å². The van der Waals surface area contributed by atoms with E-state index in [2.05, 4.69) is 26.2 Å². The van der Waals surface area contributed by atoms with Gasteiger partial charge in [-0.2, -0.15) is 10.2 Å². The normalized spacial score (nSPS) is 16.1.